The molecular formula is C14H12N4O2. The van der Waals surface area contributed by atoms with Crippen molar-refractivity contribution in [1.29, 1.82) is 5.26 Å². The van der Waals surface area contributed by atoms with Gasteiger partial charge < -0.3 is 5.32 Å². The van der Waals surface area contributed by atoms with Crippen molar-refractivity contribution >= 4 is 11.4 Å². The minimum absolute atomic E-state index is 0.111. The Kier molecular flexibility index (Phi) is 3.91. The molecule has 6 heteroatoms. The van der Waals surface area contributed by atoms with Gasteiger partial charge in [-0.1, -0.05) is 6.07 Å². The Labute approximate surface area is 115 Å². The van der Waals surface area contributed by atoms with Crippen molar-refractivity contribution < 1.29 is 4.92 Å². The summed E-state index contributed by atoms with van der Waals surface area (Å²) in [6.45, 7) is 1.89. The molecule has 0 saturated carbocycles. The Hall–Kier alpha value is -2.94. The normalized spacial score (nSPS) is 11.4. The molecule has 0 aliphatic rings. The summed E-state index contributed by atoms with van der Waals surface area (Å²) in [5.41, 5.74) is 1.45. The second kappa shape index (κ2) is 5.80. The van der Waals surface area contributed by atoms with E-state index in [2.05, 4.69) is 10.3 Å². The maximum Gasteiger partial charge on any atom is 0.293 e. The number of nitrogens with one attached hydrogen (secondary N) is 1. The van der Waals surface area contributed by atoms with Crippen molar-refractivity contribution in [3.05, 3.63) is 64.0 Å². The minimum Gasteiger partial charge on any atom is -0.373 e. The van der Waals surface area contributed by atoms with Crippen LogP contribution in [-0.4, -0.2) is 9.91 Å². The summed E-state index contributed by atoms with van der Waals surface area (Å²) < 4.78 is 0. The molecule has 0 bridgehead atoms. The second-order valence-corrected chi connectivity index (χ2v) is 4.25. The fourth-order valence-electron chi connectivity index (χ4n) is 1.82. The number of nitrogens with zero attached hydrogens (tertiary/aromatic N) is 3. The van der Waals surface area contributed by atoms with E-state index in [-0.39, 0.29) is 17.3 Å². The zero-order chi connectivity index (χ0) is 14.5. The topological polar surface area (TPSA) is 91.8 Å². The quantitative estimate of drug-likeness (QED) is 0.679. The molecule has 0 aliphatic heterocycles. The Balaban J connectivity index is 2.30. The van der Waals surface area contributed by atoms with Gasteiger partial charge in [0.25, 0.3) is 5.69 Å². The van der Waals surface area contributed by atoms with Gasteiger partial charge in [-0.3, -0.25) is 15.1 Å². The average Bonchev–Trinajstić information content (AvgIpc) is 2.48. The summed E-state index contributed by atoms with van der Waals surface area (Å²) in [5.74, 6) is 0. The van der Waals surface area contributed by atoms with Crippen LogP contribution in [0.4, 0.5) is 11.4 Å². The third-order valence-corrected chi connectivity index (χ3v) is 2.88. The lowest BCUT2D eigenvalue weighted by molar-refractivity contribution is -0.384. The van der Waals surface area contributed by atoms with Crippen LogP contribution in [0.2, 0.25) is 0 Å². The molecule has 1 N–H and O–H groups in total. The number of rotatable bonds is 4. The molecule has 1 aromatic carbocycles. The summed E-state index contributed by atoms with van der Waals surface area (Å²) in [7, 11) is 0. The van der Waals surface area contributed by atoms with E-state index < -0.39 is 4.92 Å². The first-order chi connectivity index (χ1) is 9.61. The minimum atomic E-state index is -0.501. The van der Waals surface area contributed by atoms with Gasteiger partial charge in [-0.05, 0) is 30.7 Å². The SMILES string of the molecule is CC(Nc1ccc(C#N)cc1[N+](=O)[O-])c1cccnc1. The third kappa shape index (κ3) is 2.90. The van der Waals surface area contributed by atoms with Crippen LogP contribution >= 0.6 is 0 Å². The van der Waals surface area contributed by atoms with E-state index >= 15 is 0 Å². The lowest BCUT2D eigenvalue weighted by Gasteiger charge is -2.15. The van der Waals surface area contributed by atoms with E-state index in [0.717, 1.165) is 5.56 Å². The number of benzene rings is 1. The summed E-state index contributed by atoms with van der Waals surface area (Å²) in [4.78, 5) is 14.6. The molecule has 1 heterocycles. The predicted octanol–water partition coefficient (Wildman–Crippen LogP) is 3.03. The second-order valence-electron chi connectivity index (χ2n) is 4.25. The zero-order valence-electron chi connectivity index (χ0n) is 10.8. The van der Waals surface area contributed by atoms with Crippen LogP contribution < -0.4 is 5.32 Å². The molecule has 0 amide bonds. The number of nitriles is 1. The maximum absolute atomic E-state index is 11.1. The van der Waals surface area contributed by atoms with Crippen LogP contribution in [0.1, 0.15) is 24.1 Å². The highest BCUT2D eigenvalue weighted by molar-refractivity contribution is 5.64. The molecule has 1 aromatic heterocycles. The smallest absolute Gasteiger partial charge is 0.293 e. The Morgan fingerprint density at radius 2 is 2.25 bits per heavy atom. The summed E-state index contributed by atoms with van der Waals surface area (Å²) in [5, 5.41) is 22.9. The molecule has 0 fully saturated rings. The molecule has 0 aliphatic carbocycles. The van der Waals surface area contributed by atoms with Crippen LogP contribution in [-0.2, 0) is 0 Å². The Morgan fingerprint density at radius 1 is 1.45 bits per heavy atom. The van der Waals surface area contributed by atoms with Gasteiger partial charge in [-0.25, -0.2) is 0 Å². The van der Waals surface area contributed by atoms with Gasteiger partial charge in [0.05, 0.1) is 22.6 Å². The number of anilines is 1. The van der Waals surface area contributed by atoms with Crippen LogP contribution in [0, 0.1) is 21.4 Å². The third-order valence-electron chi connectivity index (χ3n) is 2.88. The summed E-state index contributed by atoms with van der Waals surface area (Å²) in [6, 6.07) is 9.81. The summed E-state index contributed by atoms with van der Waals surface area (Å²) in [6.07, 6.45) is 3.37. The molecule has 0 radical (unpaired) electrons. The van der Waals surface area contributed by atoms with E-state index in [4.69, 9.17) is 5.26 Å². The molecule has 2 rings (SSSR count). The molecule has 0 spiro atoms. The Morgan fingerprint density at radius 3 is 2.85 bits per heavy atom. The molecular weight excluding hydrogens is 256 g/mol. The van der Waals surface area contributed by atoms with Crippen molar-refractivity contribution in [2.75, 3.05) is 5.32 Å². The summed E-state index contributed by atoms with van der Waals surface area (Å²) >= 11 is 0. The molecule has 1 unspecified atom stereocenters. The molecule has 6 nitrogen and oxygen atoms in total. The van der Waals surface area contributed by atoms with E-state index in [0.29, 0.717) is 5.69 Å². The maximum atomic E-state index is 11.1. The number of hydrogen-bond donors (Lipinski definition) is 1. The van der Waals surface area contributed by atoms with Gasteiger partial charge in [-0.15, -0.1) is 0 Å². The monoisotopic (exact) mass is 268 g/mol. The highest BCUT2D eigenvalue weighted by atomic mass is 16.6. The predicted molar refractivity (Wildman–Crippen MR) is 74.1 cm³/mol. The molecule has 2 aromatic rings. The first-order valence-electron chi connectivity index (χ1n) is 5.97. The van der Waals surface area contributed by atoms with Crippen molar-refractivity contribution in [3.8, 4) is 6.07 Å². The van der Waals surface area contributed by atoms with Crippen molar-refractivity contribution in [2.45, 2.75) is 13.0 Å². The Bertz CT molecular complexity index is 665. The molecule has 100 valence electrons. The average molecular weight is 268 g/mol. The van der Waals surface area contributed by atoms with Crippen LogP contribution in [0.15, 0.2) is 42.7 Å². The standard InChI is InChI=1S/C14H12N4O2/c1-10(12-3-2-6-16-9-12)17-13-5-4-11(8-15)7-14(13)18(19)20/h2-7,9-10,17H,1H3. The molecule has 20 heavy (non-hydrogen) atoms. The number of nitro groups is 1. The number of nitro benzene ring substituents is 1. The van der Waals surface area contributed by atoms with Crippen LogP contribution in [0.5, 0.6) is 0 Å². The zero-order valence-corrected chi connectivity index (χ0v) is 10.8. The van der Waals surface area contributed by atoms with Gasteiger partial charge in [0.1, 0.15) is 5.69 Å². The first kappa shape index (κ1) is 13.5. The van der Waals surface area contributed by atoms with Gasteiger partial charge in [0.15, 0.2) is 0 Å². The van der Waals surface area contributed by atoms with Crippen molar-refractivity contribution in [2.24, 2.45) is 0 Å². The largest absolute Gasteiger partial charge is 0.373 e. The highest BCUT2D eigenvalue weighted by Gasteiger charge is 2.17. The van der Waals surface area contributed by atoms with Gasteiger partial charge >= 0.3 is 0 Å². The molecule has 1 atom stereocenters. The number of pyridine rings is 1. The lowest BCUT2D eigenvalue weighted by atomic mass is 10.1. The van der Waals surface area contributed by atoms with Gasteiger partial charge in [0.2, 0.25) is 0 Å². The van der Waals surface area contributed by atoms with E-state index in [1.54, 1.807) is 30.6 Å². The highest BCUT2D eigenvalue weighted by Crippen LogP contribution is 2.28. The van der Waals surface area contributed by atoms with Crippen LogP contribution in [0.25, 0.3) is 0 Å². The van der Waals surface area contributed by atoms with E-state index in [1.165, 1.54) is 6.07 Å². The van der Waals surface area contributed by atoms with Crippen molar-refractivity contribution in [3.63, 3.8) is 0 Å². The van der Waals surface area contributed by atoms with E-state index in [9.17, 15) is 10.1 Å². The van der Waals surface area contributed by atoms with E-state index in [1.807, 2.05) is 19.1 Å². The number of hydrogen-bond acceptors (Lipinski definition) is 5. The van der Waals surface area contributed by atoms with Crippen LogP contribution in [0.3, 0.4) is 0 Å². The van der Waals surface area contributed by atoms with Gasteiger partial charge in [-0.2, -0.15) is 5.26 Å². The van der Waals surface area contributed by atoms with Crippen molar-refractivity contribution in [1.82, 2.24) is 4.98 Å². The fourth-order valence-corrected chi connectivity index (χ4v) is 1.82. The van der Waals surface area contributed by atoms with Gasteiger partial charge in [0, 0.05) is 18.5 Å². The lowest BCUT2D eigenvalue weighted by Crippen LogP contribution is -2.08. The number of aromatic nitrogens is 1. The molecule has 0 saturated heterocycles. The first-order valence-corrected chi connectivity index (χ1v) is 5.97. The fraction of sp³-hybridized carbons (Fsp3) is 0.143.